The summed E-state index contributed by atoms with van der Waals surface area (Å²) >= 11 is 0. The van der Waals surface area contributed by atoms with E-state index >= 15 is 0 Å². The van der Waals surface area contributed by atoms with Gasteiger partial charge in [-0.15, -0.1) is 6.58 Å². The van der Waals surface area contributed by atoms with Gasteiger partial charge in [0.15, 0.2) is 0 Å². The summed E-state index contributed by atoms with van der Waals surface area (Å²) in [6, 6.07) is 6.87. The van der Waals surface area contributed by atoms with E-state index < -0.39 is 0 Å². The van der Waals surface area contributed by atoms with Crippen molar-refractivity contribution < 1.29 is 9.53 Å². The second-order valence-corrected chi connectivity index (χ2v) is 6.91. The lowest BCUT2D eigenvalue weighted by atomic mass is 9.74. The Bertz CT molecular complexity index is 821. The van der Waals surface area contributed by atoms with Crippen molar-refractivity contribution in [3.05, 3.63) is 47.7 Å². The molecule has 2 atom stereocenters. The SMILES string of the molecule is C=CCN1CCC[C@@H]2c3cccc4c3c(c(C)n4C(=O)OC)C[C@H]21. The quantitative estimate of drug-likeness (QED) is 0.787. The first kappa shape index (κ1) is 15.5. The van der Waals surface area contributed by atoms with Gasteiger partial charge in [0.2, 0.25) is 0 Å². The summed E-state index contributed by atoms with van der Waals surface area (Å²) in [4.78, 5) is 14.9. The van der Waals surface area contributed by atoms with Crippen molar-refractivity contribution in [2.45, 2.75) is 38.1 Å². The fraction of sp³-hybridized carbons (Fsp3) is 0.450. The molecule has 24 heavy (non-hydrogen) atoms. The van der Waals surface area contributed by atoms with E-state index in [1.807, 2.05) is 19.1 Å². The van der Waals surface area contributed by atoms with Gasteiger partial charge in [-0.25, -0.2) is 9.36 Å². The number of hydrogen-bond donors (Lipinski definition) is 0. The normalized spacial score (nSPS) is 23.1. The molecule has 0 saturated carbocycles. The second-order valence-electron chi connectivity index (χ2n) is 6.91. The van der Waals surface area contributed by atoms with E-state index in [0.29, 0.717) is 12.0 Å². The highest BCUT2D eigenvalue weighted by Crippen LogP contribution is 2.45. The molecule has 0 unspecified atom stereocenters. The Morgan fingerprint density at radius 2 is 2.29 bits per heavy atom. The zero-order valence-corrected chi connectivity index (χ0v) is 14.4. The summed E-state index contributed by atoms with van der Waals surface area (Å²) in [5.41, 5.74) is 4.72. The lowest BCUT2D eigenvalue weighted by Crippen LogP contribution is -2.46. The van der Waals surface area contributed by atoms with Gasteiger partial charge >= 0.3 is 6.09 Å². The Labute approximate surface area is 142 Å². The van der Waals surface area contributed by atoms with Gasteiger partial charge in [-0.05, 0) is 49.9 Å². The Morgan fingerprint density at radius 3 is 3.04 bits per heavy atom. The highest BCUT2D eigenvalue weighted by molar-refractivity contribution is 5.96. The van der Waals surface area contributed by atoms with Gasteiger partial charge in [0.1, 0.15) is 0 Å². The Morgan fingerprint density at radius 1 is 1.46 bits per heavy atom. The smallest absolute Gasteiger partial charge is 0.418 e. The molecule has 4 heteroatoms. The van der Waals surface area contributed by atoms with Crippen LogP contribution in [0.2, 0.25) is 0 Å². The van der Waals surface area contributed by atoms with Gasteiger partial charge in [-0.3, -0.25) is 4.90 Å². The maximum absolute atomic E-state index is 12.3. The first-order valence-electron chi connectivity index (χ1n) is 8.73. The monoisotopic (exact) mass is 324 g/mol. The summed E-state index contributed by atoms with van der Waals surface area (Å²) < 4.78 is 6.76. The molecule has 1 aliphatic heterocycles. The van der Waals surface area contributed by atoms with Crippen LogP contribution in [0.15, 0.2) is 30.9 Å². The number of hydrogen-bond acceptors (Lipinski definition) is 3. The molecule has 4 nitrogen and oxygen atoms in total. The van der Waals surface area contributed by atoms with E-state index in [0.717, 1.165) is 30.7 Å². The average Bonchev–Trinajstić information content (AvgIpc) is 2.89. The summed E-state index contributed by atoms with van der Waals surface area (Å²) in [5.74, 6) is 0.544. The number of fused-ring (bicyclic) bond motifs is 2. The number of carbonyl (C=O) groups excluding carboxylic acids is 1. The molecule has 1 saturated heterocycles. The van der Waals surface area contributed by atoms with E-state index in [1.165, 1.54) is 36.5 Å². The molecule has 126 valence electrons. The Kier molecular flexibility index (Phi) is 3.72. The standard InChI is InChI=1S/C20H24N2O2/c1-4-10-21-11-6-8-14-15-7-5-9-17-19(15)16(12-18(14)21)13(2)22(17)20(23)24-3/h4-5,7,9,14,18H,1,6,8,10-12H2,2-3H3/t14-,18-/m1/s1. The maximum Gasteiger partial charge on any atom is 0.418 e. The lowest BCUT2D eigenvalue weighted by Gasteiger charge is -2.44. The van der Waals surface area contributed by atoms with Crippen LogP contribution in [0, 0.1) is 6.92 Å². The minimum atomic E-state index is -0.297. The van der Waals surface area contributed by atoms with Crippen molar-refractivity contribution in [2.24, 2.45) is 0 Å². The molecule has 1 aromatic heterocycles. The van der Waals surface area contributed by atoms with Crippen molar-refractivity contribution in [3.8, 4) is 0 Å². The van der Waals surface area contributed by atoms with Crippen molar-refractivity contribution in [2.75, 3.05) is 20.2 Å². The van der Waals surface area contributed by atoms with E-state index in [1.54, 1.807) is 4.57 Å². The van der Waals surface area contributed by atoms with Crippen LogP contribution in [0.5, 0.6) is 0 Å². The number of aromatic nitrogens is 1. The third-order valence-corrected chi connectivity index (χ3v) is 5.82. The summed E-state index contributed by atoms with van der Waals surface area (Å²) in [6.45, 7) is 8.03. The molecule has 1 aliphatic carbocycles. The number of likely N-dealkylation sites (tertiary alicyclic amines) is 1. The van der Waals surface area contributed by atoms with Crippen LogP contribution in [-0.2, 0) is 11.2 Å². The maximum atomic E-state index is 12.3. The third-order valence-electron chi connectivity index (χ3n) is 5.82. The van der Waals surface area contributed by atoms with E-state index in [2.05, 4.69) is 23.6 Å². The van der Waals surface area contributed by atoms with Crippen LogP contribution in [0.25, 0.3) is 10.9 Å². The third kappa shape index (κ3) is 2.06. The van der Waals surface area contributed by atoms with Crippen LogP contribution >= 0.6 is 0 Å². The molecule has 4 rings (SSSR count). The number of carbonyl (C=O) groups is 1. The molecule has 0 amide bonds. The Balaban J connectivity index is 1.92. The molecular weight excluding hydrogens is 300 g/mol. The van der Waals surface area contributed by atoms with E-state index in [-0.39, 0.29) is 6.09 Å². The number of methoxy groups -OCH3 is 1. The molecule has 2 aromatic rings. The molecule has 0 bridgehead atoms. The van der Waals surface area contributed by atoms with Crippen LogP contribution < -0.4 is 0 Å². The molecule has 2 aliphatic rings. The second kappa shape index (κ2) is 5.78. The highest BCUT2D eigenvalue weighted by Gasteiger charge is 2.38. The van der Waals surface area contributed by atoms with Gasteiger partial charge < -0.3 is 4.74 Å². The van der Waals surface area contributed by atoms with Gasteiger partial charge in [-0.1, -0.05) is 18.2 Å². The highest BCUT2D eigenvalue weighted by atomic mass is 16.5. The van der Waals surface area contributed by atoms with Crippen molar-refractivity contribution >= 4 is 17.0 Å². The van der Waals surface area contributed by atoms with Crippen LogP contribution in [0.4, 0.5) is 4.79 Å². The molecule has 0 N–H and O–H groups in total. The summed E-state index contributed by atoms with van der Waals surface area (Å²) in [6.07, 6.45) is 5.15. The molecule has 0 radical (unpaired) electrons. The molecular formula is C20H24N2O2. The largest absolute Gasteiger partial charge is 0.452 e. The van der Waals surface area contributed by atoms with E-state index in [9.17, 15) is 4.79 Å². The number of ether oxygens (including phenoxy) is 1. The zero-order valence-electron chi connectivity index (χ0n) is 14.4. The van der Waals surface area contributed by atoms with Gasteiger partial charge in [0.25, 0.3) is 0 Å². The average molecular weight is 324 g/mol. The van der Waals surface area contributed by atoms with Gasteiger partial charge in [0.05, 0.1) is 12.6 Å². The zero-order chi connectivity index (χ0) is 16.8. The van der Waals surface area contributed by atoms with Crippen molar-refractivity contribution in [3.63, 3.8) is 0 Å². The predicted octanol–water partition coefficient (Wildman–Crippen LogP) is 3.85. The van der Waals surface area contributed by atoms with Crippen LogP contribution in [0.3, 0.4) is 0 Å². The number of rotatable bonds is 2. The predicted molar refractivity (Wildman–Crippen MR) is 95.7 cm³/mol. The Hall–Kier alpha value is -2.07. The first-order chi connectivity index (χ1) is 11.7. The first-order valence-corrected chi connectivity index (χ1v) is 8.73. The minimum absolute atomic E-state index is 0.297. The van der Waals surface area contributed by atoms with Gasteiger partial charge in [-0.2, -0.15) is 0 Å². The van der Waals surface area contributed by atoms with E-state index in [4.69, 9.17) is 4.74 Å². The molecule has 2 heterocycles. The number of benzene rings is 1. The number of nitrogens with zero attached hydrogens (tertiary/aromatic N) is 2. The van der Waals surface area contributed by atoms with Gasteiger partial charge in [0, 0.05) is 29.6 Å². The molecule has 1 fully saturated rings. The van der Waals surface area contributed by atoms with Crippen LogP contribution in [0.1, 0.15) is 35.6 Å². The summed E-state index contributed by atoms with van der Waals surface area (Å²) in [5, 5.41) is 1.28. The summed E-state index contributed by atoms with van der Waals surface area (Å²) in [7, 11) is 1.45. The number of piperidine rings is 1. The fourth-order valence-corrected chi connectivity index (χ4v) is 4.82. The molecule has 0 spiro atoms. The lowest BCUT2D eigenvalue weighted by molar-refractivity contribution is 0.138. The van der Waals surface area contributed by atoms with Crippen molar-refractivity contribution in [1.29, 1.82) is 0 Å². The molecule has 1 aromatic carbocycles. The van der Waals surface area contributed by atoms with Crippen molar-refractivity contribution in [1.82, 2.24) is 9.47 Å². The van der Waals surface area contributed by atoms with Crippen LogP contribution in [-0.4, -0.2) is 41.8 Å². The topological polar surface area (TPSA) is 34.5 Å². The minimum Gasteiger partial charge on any atom is -0.452 e. The fourth-order valence-electron chi connectivity index (χ4n) is 4.82.